The summed E-state index contributed by atoms with van der Waals surface area (Å²) in [6, 6.07) is 0. The lowest BCUT2D eigenvalue weighted by atomic mass is 9.54. The number of hydrogen-bond acceptors (Lipinski definition) is 8. The number of oxime groups is 1. The summed E-state index contributed by atoms with van der Waals surface area (Å²) in [5.41, 5.74) is 2.93. The second-order valence-corrected chi connectivity index (χ2v) is 17.9. The molecule has 0 aromatic heterocycles. The Balaban J connectivity index is 2.70. The molecule has 8 nitrogen and oxygen atoms in total. The SMILES string of the molecule is C/C=C/C(O)C(C)/C=C/C(=N\OCCN(C)C)C(C)C(C(C)C1OC(=O)/C(OC)=C/C(C)=C/C(C)C(O)C(CC)CC(C)C/C(C)=C/C=C/C1C)C1(C)CCC1. The number of aliphatic hydroxyl groups excluding tert-OH is 2. The zero-order chi connectivity index (χ0) is 42.2. The lowest BCUT2D eigenvalue weighted by Crippen LogP contribution is -2.48. The van der Waals surface area contributed by atoms with Crippen molar-refractivity contribution in [3.8, 4) is 0 Å². The number of methoxy groups -OCH3 is 1. The quantitative estimate of drug-likeness (QED) is 0.0561. The van der Waals surface area contributed by atoms with Crippen LogP contribution in [0, 0.1) is 52.8 Å². The Morgan fingerprint density at radius 2 is 1.80 bits per heavy atom. The predicted molar refractivity (Wildman–Crippen MR) is 233 cm³/mol. The maximum Gasteiger partial charge on any atom is 0.373 e. The summed E-state index contributed by atoms with van der Waals surface area (Å²) >= 11 is 0. The Bertz CT molecular complexity index is 1420. The van der Waals surface area contributed by atoms with Crippen LogP contribution in [0.15, 0.2) is 76.7 Å². The number of allylic oxidation sites excluding steroid dienone is 7. The van der Waals surface area contributed by atoms with Gasteiger partial charge in [-0.25, -0.2) is 4.79 Å². The monoisotopic (exact) mass is 781 g/mol. The van der Waals surface area contributed by atoms with E-state index in [-0.39, 0.29) is 52.6 Å². The molecule has 318 valence electrons. The molecule has 1 aliphatic carbocycles. The van der Waals surface area contributed by atoms with Gasteiger partial charge in [-0.2, -0.15) is 0 Å². The van der Waals surface area contributed by atoms with E-state index in [4.69, 9.17) is 19.5 Å². The van der Waals surface area contributed by atoms with Crippen LogP contribution in [0.3, 0.4) is 0 Å². The van der Waals surface area contributed by atoms with Crippen molar-refractivity contribution < 1.29 is 29.3 Å². The minimum absolute atomic E-state index is 0.00574. The van der Waals surface area contributed by atoms with Crippen LogP contribution in [0.4, 0.5) is 0 Å². The van der Waals surface area contributed by atoms with Gasteiger partial charge in [-0.1, -0.05) is 127 Å². The fourth-order valence-electron chi connectivity index (χ4n) is 9.04. The van der Waals surface area contributed by atoms with Crippen molar-refractivity contribution in [3.63, 3.8) is 0 Å². The second kappa shape index (κ2) is 24.1. The molecule has 1 aliphatic heterocycles. The third kappa shape index (κ3) is 15.1. The lowest BCUT2D eigenvalue weighted by Gasteiger charge is -2.51. The maximum absolute atomic E-state index is 14.1. The van der Waals surface area contributed by atoms with Gasteiger partial charge in [0.1, 0.15) is 12.7 Å². The van der Waals surface area contributed by atoms with E-state index in [9.17, 15) is 15.0 Å². The largest absolute Gasteiger partial charge is 0.490 e. The highest BCUT2D eigenvalue weighted by Gasteiger charge is 2.49. The van der Waals surface area contributed by atoms with Crippen molar-refractivity contribution in [3.05, 3.63) is 71.6 Å². The first kappa shape index (κ1) is 49.2. The smallest absolute Gasteiger partial charge is 0.373 e. The Morgan fingerprint density at radius 1 is 1.12 bits per heavy atom. The summed E-state index contributed by atoms with van der Waals surface area (Å²) in [6.07, 6.45) is 22.5. The standard InChI is InChI=1S/C48H80N2O6/c1-15-19-42(51)35(6)22-23-41(49-55-27-26-50(12)13)38(9)44(48(11)24-18-25-48)39(10)46-36(7)21-17-20-32(3)28-33(4)30-40(16-2)45(52)37(8)29-34(5)31-43(54-14)47(53)56-46/h15,17,19-23,29,31,33,35-40,42,44-46,51-52H,16,18,24-28,30H2,1-14H3/b19-15+,21-17+,23-22+,32-20+,34-29+,43-31-,49-41+. The second-order valence-electron chi connectivity index (χ2n) is 17.9. The fourth-order valence-corrected chi connectivity index (χ4v) is 9.04. The van der Waals surface area contributed by atoms with Crippen molar-refractivity contribution in [1.82, 2.24) is 4.90 Å². The van der Waals surface area contributed by atoms with Gasteiger partial charge in [0.05, 0.1) is 25.0 Å². The van der Waals surface area contributed by atoms with Gasteiger partial charge in [0.15, 0.2) is 0 Å². The summed E-state index contributed by atoms with van der Waals surface area (Å²) in [5, 5.41) is 26.8. The summed E-state index contributed by atoms with van der Waals surface area (Å²) in [7, 11) is 5.53. The van der Waals surface area contributed by atoms with Crippen LogP contribution < -0.4 is 0 Å². The van der Waals surface area contributed by atoms with Gasteiger partial charge < -0.3 is 29.4 Å². The van der Waals surface area contributed by atoms with Gasteiger partial charge in [-0.3, -0.25) is 0 Å². The first-order chi connectivity index (χ1) is 26.4. The van der Waals surface area contributed by atoms with Crippen LogP contribution in [-0.4, -0.2) is 79.5 Å². The van der Waals surface area contributed by atoms with Crippen LogP contribution >= 0.6 is 0 Å². The summed E-state index contributed by atoms with van der Waals surface area (Å²) < 4.78 is 12.3. The van der Waals surface area contributed by atoms with Crippen LogP contribution in [0.5, 0.6) is 0 Å². The van der Waals surface area contributed by atoms with E-state index >= 15 is 0 Å². The van der Waals surface area contributed by atoms with E-state index in [2.05, 4.69) is 71.6 Å². The third-order valence-corrected chi connectivity index (χ3v) is 12.5. The molecule has 0 amide bonds. The van der Waals surface area contributed by atoms with Crippen LogP contribution in [0.2, 0.25) is 0 Å². The average Bonchev–Trinajstić information content (AvgIpc) is 3.12. The van der Waals surface area contributed by atoms with Gasteiger partial charge in [-0.15, -0.1) is 0 Å². The molecule has 2 N–H and O–H groups in total. The van der Waals surface area contributed by atoms with E-state index in [1.807, 2.05) is 66.1 Å². The summed E-state index contributed by atoms with van der Waals surface area (Å²) in [6.45, 7) is 24.6. The van der Waals surface area contributed by atoms with Crippen LogP contribution in [0.25, 0.3) is 0 Å². The molecule has 2 rings (SSSR count). The van der Waals surface area contributed by atoms with Gasteiger partial charge in [-0.05, 0) is 102 Å². The first-order valence-corrected chi connectivity index (χ1v) is 21.4. The van der Waals surface area contributed by atoms with E-state index in [1.165, 1.54) is 12.7 Å². The normalized spacial score (nSPS) is 32.3. The Kier molecular flexibility index (Phi) is 21.2. The summed E-state index contributed by atoms with van der Waals surface area (Å²) in [4.78, 5) is 22.2. The fraction of sp³-hybridized carbons (Fsp3) is 0.708. The molecule has 2 aliphatic rings. The summed E-state index contributed by atoms with van der Waals surface area (Å²) in [5.74, 6) is -0.120. The zero-order valence-corrected chi connectivity index (χ0v) is 37.6. The van der Waals surface area contributed by atoms with Gasteiger partial charge in [0.25, 0.3) is 0 Å². The minimum Gasteiger partial charge on any atom is -0.490 e. The van der Waals surface area contributed by atoms with Crippen LogP contribution in [-0.2, 0) is 19.1 Å². The topological polar surface area (TPSA) is 101 Å². The molecule has 0 radical (unpaired) electrons. The van der Waals surface area contributed by atoms with Crippen molar-refractivity contribution >= 4 is 11.7 Å². The minimum atomic E-state index is -0.607. The number of nitrogens with zero attached hydrogens (tertiary/aromatic N) is 2. The van der Waals surface area contributed by atoms with Gasteiger partial charge in [0, 0.05) is 30.2 Å². The number of carbonyl (C=O) groups excluding carboxylic acids is 1. The molecule has 56 heavy (non-hydrogen) atoms. The van der Waals surface area contributed by atoms with E-state index in [1.54, 1.807) is 12.2 Å². The maximum atomic E-state index is 14.1. The van der Waals surface area contributed by atoms with Gasteiger partial charge in [0.2, 0.25) is 5.76 Å². The molecule has 0 bridgehead atoms. The van der Waals surface area contributed by atoms with E-state index in [0.717, 1.165) is 56.4 Å². The van der Waals surface area contributed by atoms with E-state index in [0.29, 0.717) is 12.5 Å². The molecular weight excluding hydrogens is 701 g/mol. The Hall–Kier alpha value is -2.94. The number of esters is 1. The molecule has 0 aromatic carbocycles. The van der Waals surface area contributed by atoms with Crippen molar-refractivity contribution in [2.75, 3.05) is 34.4 Å². The van der Waals surface area contributed by atoms with Crippen molar-refractivity contribution in [2.45, 2.75) is 133 Å². The molecule has 0 aromatic rings. The lowest BCUT2D eigenvalue weighted by molar-refractivity contribution is -0.157. The number of rotatable bonds is 15. The molecule has 0 saturated heterocycles. The number of hydrogen-bond donors (Lipinski definition) is 2. The molecule has 11 unspecified atom stereocenters. The highest BCUT2D eigenvalue weighted by atomic mass is 16.6. The number of ether oxygens (including phenoxy) is 2. The molecule has 11 atom stereocenters. The number of cyclic esters (lactones) is 1. The number of likely N-dealkylation sites (N-methyl/N-ethyl adjacent to an activating group) is 1. The molecular formula is C48H80N2O6. The molecule has 1 heterocycles. The number of carbonyl (C=O) groups is 1. The van der Waals surface area contributed by atoms with E-state index < -0.39 is 24.3 Å². The van der Waals surface area contributed by atoms with Crippen molar-refractivity contribution in [1.29, 1.82) is 0 Å². The molecule has 1 fully saturated rings. The number of aliphatic hydroxyl groups is 2. The highest BCUT2D eigenvalue weighted by Crippen LogP contribution is 2.54. The molecule has 0 spiro atoms. The Labute approximate surface area is 341 Å². The molecule has 1 saturated carbocycles. The van der Waals surface area contributed by atoms with Gasteiger partial charge >= 0.3 is 5.97 Å². The van der Waals surface area contributed by atoms with Crippen LogP contribution in [0.1, 0.15) is 115 Å². The highest BCUT2D eigenvalue weighted by molar-refractivity contribution is 5.96. The third-order valence-electron chi connectivity index (χ3n) is 12.5. The van der Waals surface area contributed by atoms with Crippen molar-refractivity contribution in [2.24, 2.45) is 57.9 Å². The predicted octanol–water partition coefficient (Wildman–Crippen LogP) is 10.1. The molecule has 8 heteroatoms. The zero-order valence-electron chi connectivity index (χ0n) is 37.6. The average molecular weight is 781 g/mol. The first-order valence-electron chi connectivity index (χ1n) is 21.4. The Morgan fingerprint density at radius 3 is 2.38 bits per heavy atom.